The van der Waals surface area contributed by atoms with Crippen molar-refractivity contribution in [1.29, 1.82) is 0 Å². The van der Waals surface area contributed by atoms with Gasteiger partial charge in [0.25, 0.3) is 5.91 Å². The number of rotatable bonds is 4. The van der Waals surface area contributed by atoms with Gasteiger partial charge in [0.2, 0.25) is 5.76 Å². The molecule has 3 aromatic rings. The molecule has 1 aliphatic heterocycles. The zero-order valence-corrected chi connectivity index (χ0v) is 16.2. The van der Waals surface area contributed by atoms with Crippen molar-refractivity contribution in [2.45, 2.75) is 26.8 Å². The van der Waals surface area contributed by atoms with Gasteiger partial charge in [-0.05, 0) is 55.7 Å². The highest BCUT2D eigenvalue weighted by Crippen LogP contribution is 2.36. The number of carbonyl (C=O) groups is 1. The summed E-state index contributed by atoms with van der Waals surface area (Å²) in [7, 11) is 1.55. The maximum absolute atomic E-state index is 13.2. The Bertz CT molecular complexity index is 1160. The molecule has 1 amide bonds. The van der Waals surface area contributed by atoms with Crippen LogP contribution in [0.3, 0.4) is 0 Å². The van der Waals surface area contributed by atoms with Gasteiger partial charge in [0.1, 0.15) is 5.58 Å². The number of fused-ring (bicyclic) bond motifs is 2. The molecule has 1 atom stereocenters. The van der Waals surface area contributed by atoms with E-state index in [0.29, 0.717) is 34.6 Å². The molecule has 6 nitrogen and oxygen atoms in total. The number of carbonyl (C=O) groups excluding carboxylic acids is 1. The smallest absolute Gasteiger partial charge is 0.288 e. The third-order valence-electron chi connectivity index (χ3n) is 5.21. The van der Waals surface area contributed by atoms with Crippen LogP contribution in [0.2, 0.25) is 0 Å². The van der Waals surface area contributed by atoms with Crippen molar-refractivity contribution in [2.75, 3.05) is 13.7 Å². The van der Waals surface area contributed by atoms with Gasteiger partial charge in [0.05, 0.1) is 30.7 Å². The monoisotopic (exact) mass is 379 g/mol. The Kier molecular flexibility index (Phi) is 4.34. The van der Waals surface area contributed by atoms with Crippen molar-refractivity contribution >= 4 is 16.9 Å². The molecule has 0 fully saturated rings. The van der Waals surface area contributed by atoms with Crippen LogP contribution in [-0.4, -0.2) is 19.6 Å². The van der Waals surface area contributed by atoms with Gasteiger partial charge in [-0.2, -0.15) is 0 Å². The van der Waals surface area contributed by atoms with E-state index in [4.69, 9.17) is 13.9 Å². The van der Waals surface area contributed by atoms with Gasteiger partial charge < -0.3 is 19.2 Å². The van der Waals surface area contributed by atoms with Crippen LogP contribution in [0, 0.1) is 13.8 Å². The van der Waals surface area contributed by atoms with Gasteiger partial charge in [-0.15, -0.1) is 0 Å². The molecule has 6 heteroatoms. The van der Waals surface area contributed by atoms with Gasteiger partial charge in [-0.25, -0.2) is 0 Å². The fourth-order valence-electron chi connectivity index (χ4n) is 3.59. The number of aryl methyl sites for hydroxylation is 2. The molecule has 0 saturated carbocycles. The molecular weight excluding hydrogens is 358 g/mol. The van der Waals surface area contributed by atoms with Gasteiger partial charge in [-0.3, -0.25) is 9.59 Å². The molecule has 0 bridgehead atoms. The molecule has 1 N–H and O–H groups in total. The Hall–Kier alpha value is -3.28. The van der Waals surface area contributed by atoms with Crippen LogP contribution in [0.1, 0.15) is 45.8 Å². The first kappa shape index (κ1) is 18.1. The SMILES string of the molecule is CCOc1ccc(C2NC(=O)c3oc4c(C)c(C)ccc4c(=O)c32)cc1OC. The van der Waals surface area contributed by atoms with Crippen LogP contribution in [0.5, 0.6) is 11.5 Å². The van der Waals surface area contributed by atoms with Crippen LogP contribution in [-0.2, 0) is 0 Å². The molecule has 0 spiro atoms. The fraction of sp³-hybridized carbons (Fsp3) is 0.273. The van der Waals surface area contributed by atoms with Crippen molar-refractivity contribution in [3.8, 4) is 11.5 Å². The van der Waals surface area contributed by atoms with Crippen LogP contribution in [0.4, 0.5) is 0 Å². The molecule has 0 radical (unpaired) electrons. The van der Waals surface area contributed by atoms with E-state index in [9.17, 15) is 9.59 Å². The number of amides is 1. The summed E-state index contributed by atoms with van der Waals surface area (Å²) < 4.78 is 16.9. The van der Waals surface area contributed by atoms with Crippen molar-refractivity contribution < 1.29 is 18.7 Å². The summed E-state index contributed by atoms with van der Waals surface area (Å²) in [5.74, 6) is 0.824. The van der Waals surface area contributed by atoms with E-state index in [-0.39, 0.29) is 11.2 Å². The van der Waals surface area contributed by atoms with Gasteiger partial charge in [0, 0.05) is 0 Å². The molecule has 144 valence electrons. The summed E-state index contributed by atoms with van der Waals surface area (Å²) in [4.78, 5) is 25.8. The maximum Gasteiger partial charge on any atom is 0.288 e. The van der Waals surface area contributed by atoms with Crippen molar-refractivity contribution in [2.24, 2.45) is 0 Å². The predicted octanol–water partition coefficient (Wildman–Crippen LogP) is 3.65. The average Bonchev–Trinajstić information content (AvgIpc) is 3.03. The van der Waals surface area contributed by atoms with Gasteiger partial charge >= 0.3 is 0 Å². The lowest BCUT2D eigenvalue weighted by atomic mass is 9.97. The lowest BCUT2D eigenvalue weighted by Gasteiger charge is -2.15. The summed E-state index contributed by atoms with van der Waals surface area (Å²) >= 11 is 0. The lowest BCUT2D eigenvalue weighted by molar-refractivity contribution is 0.0938. The number of hydrogen-bond acceptors (Lipinski definition) is 5. The molecule has 0 aliphatic carbocycles. The average molecular weight is 379 g/mol. The van der Waals surface area contributed by atoms with Gasteiger partial charge in [-0.1, -0.05) is 12.1 Å². The summed E-state index contributed by atoms with van der Waals surface area (Å²) in [5, 5.41) is 3.33. The van der Waals surface area contributed by atoms with E-state index in [1.807, 2.05) is 32.9 Å². The molecular formula is C22H21NO5. The van der Waals surface area contributed by atoms with Crippen LogP contribution >= 0.6 is 0 Å². The first-order valence-corrected chi connectivity index (χ1v) is 9.14. The van der Waals surface area contributed by atoms with E-state index in [0.717, 1.165) is 16.7 Å². The first-order valence-electron chi connectivity index (χ1n) is 9.14. The Morgan fingerprint density at radius 3 is 2.61 bits per heavy atom. The third kappa shape index (κ3) is 2.64. The topological polar surface area (TPSA) is 77.8 Å². The summed E-state index contributed by atoms with van der Waals surface area (Å²) in [5.41, 5.74) is 3.17. The quantitative estimate of drug-likeness (QED) is 0.749. The Balaban J connectivity index is 1.91. The number of benzene rings is 2. The number of nitrogens with one attached hydrogen (secondary N) is 1. The number of hydrogen-bond donors (Lipinski definition) is 1. The van der Waals surface area contributed by atoms with Crippen molar-refractivity contribution in [3.63, 3.8) is 0 Å². The molecule has 0 saturated heterocycles. The molecule has 4 rings (SSSR count). The molecule has 1 unspecified atom stereocenters. The second-order valence-electron chi connectivity index (χ2n) is 6.81. The predicted molar refractivity (Wildman–Crippen MR) is 105 cm³/mol. The summed E-state index contributed by atoms with van der Waals surface area (Å²) in [6, 6.07) is 8.40. The fourth-order valence-corrected chi connectivity index (χ4v) is 3.59. The zero-order valence-electron chi connectivity index (χ0n) is 16.2. The van der Waals surface area contributed by atoms with Crippen LogP contribution in [0.25, 0.3) is 11.0 Å². The molecule has 1 aliphatic rings. The van der Waals surface area contributed by atoms with Crippen LogP contribution < -0.4 is 20.2 Å². The highest BCUT2D eigenvalue weighted by molar-refractivity contribution is 5.99. The summed E-state index contributed by atoms with van der Waals surface area (Å²) in [6.45, 7) is 6.22. The van der Waals surface area contributed by atoms with E-state index in [1.165, 1.54) is 0 Å². The largest absolute Gasteiger partial charge is 0.493 e. The normalized spacial score (nSPS) is 15.4. The zero-order chi connectivity index (χ0) is 20.0. The van der Waals surface area contributed by atoms with Gasteiger partial charge in [0.15, 0.2) is 16.9 Å². The Labute approximate surface area is 162 Å². The lowest BCUT2D eigenvalue weighted by Crippen LogP contribution is -2.22. The Morgan fingerprint density at radius 2 is 1.89 bits per heavy atom. The number of methoxy groups -OCH3 is 1. The van der Waals surface area contributed by atoms with E-state index in [2.05, 4.69) is 5.32 Å². The van der Waals surface area contributed by atoms with E-state index >= 15 is 0 Å². The Morgan fingerprint density at radius 1 is 1.11 bits per heavy atom. The highest BCUT2D eigenvalue weighted by Gasteiger charge is 2.36. The molecule has 2 heterocycles. The molecule has 2 aromatic carbocycles. The minimum absolute atomic E-state index is 0.0732. The second kappa shape index (κ2) is 6.71. The van der Waals surface area contributed by atoms with E-state index < -0.39 is 11.9 Å². The van der Waals surface area contributed by atoms with Crippen molar-refractivity contribution in [1.82, 2.24) is 5.32 Å². The summed E-state index contributed by atoms with van der Waals surface area (Å²) in [6.07, 6.45) is 0. The molecule has 28 heavy (non-hydrogen) atoms. The van der Waals surface area contributed by atoms with Crippen LogP contribution in [0.15, 0.2) is 39.5 Å². The third-order valence-corrected chi connectivity index (χ3v) is 5.21. The minimum Gasteiger partial charge on any atom is -0.493 e. The second-order valence-corrected chi connectivity index (χ2v) is 6.81. The molecule has 1 aromatic heterocycles. The standard InChI is InChI=1S/C22H21NO5/c1-5-27-15-9-7-13(10-16(15)26-4)18-17-19(24)14-8-6-11(2)12(3)20(14)28-21(17)22(25)23-18/h6-10,18H,5H2,1-4H3,(H,23,25). The van der Waals surface area contributed by atoms with E-state index in [1.54, 1.807) is 25.3 Å². The maximum atomic E-state index is 13.2. The highest BCUT2D eigenvalue weighted by atomic mass is 16.5. The first-order chi connectivity index (χ1) is 13.5. The number of ether oxygens (including phenoxy) is 2. The van der Waals surface area contributed by atoms with Crippen molar-refractivity contribution in [3.05, 3.63) is 68.6 Å². The minimum atomic E-state index is -0.602.